The van der Waals surface area contributed by atoms with Crippen LogP contribution in [0.15, 0.2) is 121 Å². The maximum atomic E-state index is 16.3. The third-order valence-corrected chi connectivity index (χ3v) is 23.0. The van der Waals surface area contributed by atoms with Gasteiger partial charge in [-0.05, 0) is 177 Å². The van der Waals surface area contributed by atoms with E-state index in [1.165, 1.54) is 37.4 Å². The summed E-state index contributed by atoms with van der Waals surface area (Å²) in [6.45, 7) is 8.54. The summed E-state index contributed by atoms with van der Waals surface area (Å²) in [6.07, 6.45) is -13.9. The molecule has 14 rings (SSSR count). The van der Waals surface area contributed by atoms with Crippen LogP contribution in [-0.2, 0) is 49.6 Å². The molecule has 18 atom stereocenters. The van der Waals surface area contributed by atoms with E-state index < -0.39 is 231 Å². The number of nitrogens with two attached hydrogens (primary N) is 1. The number of benzene rings is 7. The molecule has 7 aromatic rings. The molecule has 7 aliphatic rings. The van der Waals surface area contributed by atoms with Crippen LogP contribution in [-0.4, -0.2) is 198 Å². The summed E-state index contributed by atoms with van der Waals surface area (Å²) in [6, 6.07) is 12.5. The molecule has 644 valence electrons. The molecular weight excluding hydrogens is 1610 g/mol. The molecule has 2 aliphatic carbocycles. The molecule has 0 spiro atoms. The number of aliphatic hydroxyl groups excluding tert-OH is 6. The average Bonchev–Trinajstić information content (AvgIpc) is 0.779. The number of ether oxygens (including phenoxy) is 4. The van der Waals surface area contributed by atoms with E-state index in [-0.39, 0.29) is 77.3 Å². The number of aliphatic hydroxyl groups is 6. The minimum atomic E-state index is -2.33. The minimum absolute atomic E-state index is 0.0459. The number of rotatable bonds is 19. The van der Waals surface area contributed by atoms with Crippen LogP contribution in [0, 0.1) is 24.7 Å². The van der Waals surface area contributed by atoms with E-state index in [9.17, 15) is 75.0 Å². The lowest BCUT2D eigenvalue weighted by Gasteiger charge is -2.49. The zero-order valence-electron chi connectivity index (χ0n) is 66.9. The number of hydrogen-bond donors (Lipinski definition) is 20. The molecule has 5 aliphatic heterocycles. The number of carbonyl (C=O) groups is 9. The fourth-order valence-corrected chi connectivity index (χ4v) is 16.6. The van der Waals surface area contributed by atoms with Gasteiger partial charge in [-0.3, -0.25) is 38.4 Å². The number of anilines is 2. The molecule has 0 aromatic heterocycles. The van der Waals surface area contributed by atoms with Gasteiger partial charge in [0.25, 0.3) is 5.91 Å². The van der Waals surface area contributed by atoms with Crippen molar-refractivity contribution in [2.24, 2.45) is 23.5 Å². The normalized spacial score (nSPS) is 26.4. The van der Waals surface area contributed by atoms with E-state index in [0.717, 1.165) is 65.3 Å². The number of hydrogen-bond acceptors (Lipinski definition) is 25. The third-order valence-electron chi connectivity index (χ3n) is 22.4. The van der Waals surface area contributed by atoms with Crippen molar-refractivity contribution in [1.29, 1.82) is 0 Å². The van der Waals surface area contributed by atoms with Crippen LogP contribution in [0.1, 0.15) is 139 Å². The maximum absolute atomic E-state index is 16.3. The SMILES string of the molecule is CNC(CC(C)C)C(=O)NC1C(=O)NC(CC(N)=O)C(=O)NC2C(=O)N[C@H]3C(=O)N[C@H](C(=O)N[C@@H](C(=O)O)c4cc(O)cc(O)c4-c4cc3ccc4O)[C@H](O)c3ccc(c(Cl)c3)Oc3cc2cc(c3OC2C[C@H](CO)[C@@H](O)[C@H](O)[C@H]2O[C@@H]2C[C@@H](C)[C@@H](O)[C@@](C)(NCc3cccc(NC(=O)c4cc(C)cc(N(C)C)c4)c3)C2)Oc2ccc(cc2Cl)C1O. The summed E-state index contributed by atoms with van der Waals surface area (Å²) in [5.41, 5.74) is 5.30. The zero-order valence-corrected chi connectivity index (χ0v) is 68.5. The van der Waals surface area contributed by atoms with Crippen LogP contribution >= 0.6 is 23.2 Å². The molecule has 6 unspecified atom stereocenters. The lowest BCUT2D eigenvalue weighted by atomic mass is 9.73. The van der Waals surface area contributed by atoms with Gasteiger partial charge in [-0.2, -0.15) is 0 Å². The van der Waals surface area contributed by atoms with Gasteiger partial charge < -0.3 is 128 Å². The summed E-state index contributed by atoms with van der Waals surface area (Å²) in [7, 11) is 5.23. The number of carboxylic acids is 1. The molecule has 11 bridgehead atoms. The number of aliphatic carboxylic acids is 1. The molecule has 0 saturated heterocycles. The van der Waals surface area contributed by atoms with Crippen LogP contribution < -0.4 is 72.7 Å². The topological polar surface area (TPSA) is 530 Å². The second-order valence-electron chi connectivity index (χ2n) is 32.1. The monoisotopic (exact) mass is 1710 g/mol. The first-order valence-electron chi connectivity index (χ1n) is 39.1. The number of nitrogens with one attached hydrogen (secondary N) is 9. The zero-order chi connectivity index (χ0) is 87.7. The van der Waals surface area contributed by atoms with E-state index in [2.05, 4.69) is 47.9 Å². The number of nitrogens with zero attached hydrogens (tertiary/aromatic N) is 1. The lowest BCUT2D eigenvalue weighted by molar-refractivity contribution is -0.206. The number of amides is 8. The average molecular weight is 1710 g/mol. The Bertz CT molecular complexity index is 5180. The van der Waals surface area contributed by atoms with Crippen molar-refractivity contribution in [2.75, 3.05) is 38.0 Å². The maximum Gasteiger partial charge on any atom is 0.330 e. The van der Waals surface area contributed by atoms with Gasteiger partial charge in [0.2, 0.25) is 47.1 Å². The fraction of sp³-hybridized carbons (Fsp3) is 0.400. The van der Waals surface area contributed by atoms with E-state index in [1.54, 1.807) is 44.2 Å². The van der Waals surface area contributed by atoms with Crippen molar-refractivity contribution in [3.63, 3.8) is 0 Å². The lowest BCUT2D eigenvalue weighted by Crippen LogP contribution is -2.62. The highest BCUT2D eigenvalue weighted by Gasteiger charge is 2.51. The predicted octanol–water partition coefficient (Wildman–Crippen LogP) is 4.89. The Hall–Kier alpha value is -11.4. The smallest absolute Gasteiger partial charge is 0.330 e. The molecule has 7 aromatic carbocycles. The number of fused-ring (bicyclic) bond motifs is 15. The van der Waals surface area contributed by atoms with Crippen molar-refractivity contribution in [3.8, 4) is 57.1 Å². The van der Waals surface area contributed by atoms with Crippen LogP contribution in [0.3, 0.4) is 0 Å². The second-order valence-corrected chi connectivity index (χ2v) is 33.0. The van der Waals surface area contributed by atoms with Crippen LogP contribution in [0.5, 0.6) is 46.0 Å². The summed E-state index contributed by atoms with van der Waals surface area (Å²) in [5, 5.41) is 141. The number of halogens is 2. The standard InChI is InChI=1S/C85H97Cl2N11O23/c1-36(2)18-54(89-6)78(110)96-68-70(104)41-13-16-58(52(86)25-41)119-60-27-43-28-61(74(60)121-62-29-45(35-99)72(106)73(107)75(62)118-49-21-38(4)76(108)85(5,33-49)90-34-39-10-9-11-46(22-39)91-77(109)44-19-37(3)20-47(23-44)98(7)8)120-59-17-14-42(26-53(59)87)71(105)69-83(115)95-67(84(116)117)51-30-48(100)31-57(102)64(51)50-24-40(12-15-56(50)101)65(80(112)97-69)94-81(113)66(43)93-79(111)55(32-63(88)103)92-82(68)114/h9-17,19-20,22-28,30-31,36,38,45,49,54-55,62,65-73,75-76,89-90,99-102,104-108H,18,21,29,32-35H2,1-8H3,(H2,88,103)(H,91,109)(H,92,114)(H,93,111)(H,94,113)(H,95,115)(H,96,110)(H,97,112)(H,116,117)/t38-,45-,49-,54?,55?,62?,65-,66?,67-,68?,69+,70?,71-,72-,73+,75+,76-,85+/m1/s1. The Morgan fingerprint density at radius 1 is 0.702 bits per heavy atom. The summed E-state index contributed by atoms with van der Waals surface area (Å²) >= 11 is 14.4. The largest absolute Gasteiger partial charge is 0.508 e. The van der Waals surface area contributed by atoms with Gasteiger partial charge in [0.1, 0.15) is 89.5 Å². The summed E-state index contributed by atoms with van der Waals surface area (Å²) in [5.74, 6) is -17.5. The molecule has 36 heteroatoms. The van der Waals surface area contributed by atoms with Gasteiger partial charge >= 0.3 is 5.97 Å². The van der Waals surface area contributed by atoms with Crippen LogP contribution in [0.2, 0.25) is 10.0 Å². The summed E-state index contributed by atoms with van der Waals surface area (Å²) in [4.78, 5) is 134. The molecule has 5 heterocycles. The number of primary amides is 1. The van der Waals surface area contributed by atoms with E-state index in [1.807, 2.05) is 51.9 Å². The number of carbonyl (C=O) groups excluding carboxylic acids is 8. The Morgan fingerprint density at radius 3 is 1.98 bits per heavy atom. The Kier molecular flexibility index (Phi) is 27.1. The Balaban J connectivity index is 1.01. The highest BCUT2D eigenvalue weighted by Crippen LogP contribution is 2.51. The second kappa shape index (κ2) is 36.9. The summed E-state index contributed by atoms with van der Waals surface area (Å²) < 4.78 is 27.7. The molecule has 121 heavy (non-hydrogen) atoms. The van der Waals surface area contributed by atoms with E-state index in [4.69, 9.17) is 47.9 Å². The van der Waals surface area contributed by atoms with Gasteiger partial charge in [0.05, 0.1) is 40.8 Å². The molecule has 34 nitrogen and oxygen atoms in total. The van der Waals surface area contributed by atoms with Crippen LogP contribution in [0.25, 0.3) is 11.1 Å². The van der Waals surface area contributed by atoms with Crippen molar-refractivity contribution in [2.45, 2.75) is 170 Å². The molecular formula is C85H97Cl2N11O23. The van der Waals surface area contributed by atoms with Gasteiger partial charge in [-0.1, -0.05) is 74.3 Å². The number of phenolic OH excluding ortho intramolecular Hbond substituents is 3. The molecule has 0 radical (unpaired) electrons. The quantitative estimate of drug-likeness (QED) is 0.0512. The predicted molar refractivity (Wildman–Crippen MR) is 438 cm³/mol. The number of aryl methyl sites for hydroxylation is 1. The number of carboxylic acid groups (broad SMARTS) is 1. The minimum Gasteiger partial charge on any atom is -0.508 e. The van der Waals surface area contributed by atoms with Gasteiger partial charge in [0.15, 0.2) is 17.5 Å². The first-order chi connectivity index (χ1) is 57.3. The number of phenols is 3. The fourth-order valence-electron chi connectivity index (χ4n) is 16.1. The number of aromatic hydroxyl groups is 3. The Labute approximate surface area is 704 Å². The van der Waals surface area contributed by atoms with Gasteiger partial charge in [-0.25, -0.2) is 4.79 Å². The van der Waals surface area contributed by atoms with Gasteiger partial charge in [0, 0.05) is 78.4 Å². The van der Waals surface area contributed by atoms with Crippen molar-refractivity contribution < 1.29 is 113 Å². The van der Waals surface area contributed by atoms with Crippen molar-refractivity contribution >= 4 is 87.8 Å². The molecule has 2 saturated carbocycles. The molecule has 8 amide bonds. The first kappa shape index (κ1) is 88.9. The third kappa shape index (κ3) is 19.6. The van der Waals surface area contributed by atoms with Crippen LogP contribution in [0.4, 0.5) is 11.4 Å². The highest BCUT2D eigenvalue weighted by atomic mass is 35.5. The van der Waals surface area contributed by atoms with Crippen molar-refractivity contribution in [1.82, 2.24) is 42.5 Å². The van der Waals surface area contributed by atoms with Gasteiger partial charge in [-0.15, -0.1) is 0 Å². The van der Waals surface area contributed by atoms with E-state index in [0.29, 0.717) is 11.3 Å². The number of likely N-dealkylation sites (N-methyl/N-ethyl adjacent to an activating group) is 1. The van der Waals surface area contributed by atoms with E-state index >= 15 is 19.2 Å². The molecule has 21 N–H and O–H groups in total. The molecule has 2 fully saturated rings. The van der Waals surface area contributed by atoms with Crippen molar-refractivity contribution in [3.05, 3.63) is 176 Å². The first-order valence-corrected chi connectivity index (χ1v) is 39.9. The highest BCUT2D eigenvalue weighted by molar-refractivity contribution is 6.32. The Morgan fingerprint density at radius 2 is 1.35 bits per heavy atom.